The quantitative estimate of drug-likeness (QED) is 0.677. The fourth-order valence-electron chi connectivity index (χ4n) is 1.52. The Kier molecular flexibility index (Phi) is 5.18. The normalized spacial score (nSPS) is 10.4. The van der Waals surface area contributed by atoms with Crippen molar-refractivity contribution in [2.75, 3.05) is 19.4 Å². The van der Waals surface area contributed by atoms with Gasteiger partial charge in [0.2, 0.25) is 0 Å². The zero-order valence-electron chi connectivity index (χ0n) is 11.1. The van der Waals surface area contributed by atoms with Gasteiger partial charge in [-0.1, -0.05) is 11.6 Å². The molecule has 0 aliphatic rings. The van der Waals surface area contributed by atoms with Crippen molar-refractivity contribution in [1.29, 1.82) is 0 Å². The molecule has 0 saturated heterocycles. The summed E-state index contributed by atoms with van der Waals surface area (Å²) in [6.45, 7) is 3.54. The van der Waals surface area contributed by atoms with Crippen LogP contribution in [0.1, 0.15) is 24.2 Å². The van der Waals surface area contributed by atoms with Gasteiger partial charge in [0, 0.05) is 11.6 Å². The number of nitrogens with zero attached hydrogens (tertiary/aromatic N) is 1. The number of amides is 1. The van der Waals surface area contributed by atoms with Gasteiger partial charge in [-0.05, 0) is 32.0 Å². The molecule has 0 bridgehead atoms. The molecule has 104 valence electrons. The molecule has 0 heterocycles. The second-order valence-corrected chi connectivity index (χ2v) is 4.75. The molecule has 0 aliphatic carbocycles. The van der Waals surface area contributed by atoms with Crippen molar-refractivity contribution in [3.05, 3.63) is 28.8 Å². The number of hydrogen-bond donors (Lipinski definition) is 1. The van der Waals surface area contributed by atoms with Crippen LogP contribution in [0.3, 0.4) is 0 Å². The van der Waals surface area contributed by atoms with Gasteiger partial charge in [-0.2, -0.15) is 0 Å². The summed E-state index contributed by atoms with van der Waals surface area (Å²) in [6.07, 6.45) is 0. The van der Waals surface area contributed by atoms with Crippen molar-refractivity contribution in [2.45, 2.75) is 19.9 Å². The third-order valence-corrected chi connectivity index (χ3v) is 2.99. The molecule has 0 aromatic heterocycles. The van der Waals surface area contributed by atoms with E-state index in [1.165, 1.54) is 18.1 Å². The van der Waals surface area contributed by atoms with E-state index in [1.807, 2.05) is 13.8 Å². The minimum absolute atomic E-state index is 0.102. The number of esters is 1. The molecule has 1 aromatic carbocycles. The predicted octanol–water partition coefficient (Wildman–Crippen LogP) is 1.95. The molecular weight excluding hydrogens is 268 g/mol. The fraction of sp³-hybridized carbons (Fsp3) is 0.385. The minimum Gasteiger partial charge on any atom is -0.468 e. The Morgan fingerprint density at radius 2 is 2.05 bits per heavy atom. The molecule has 6 heteroatoms. The molecular formula is C13H17ClN2O3. The van der Waals surface area contributed by atoms with Crippen LogP contribution >= 0.6 is 11.6 Å². The predicted molar refractivity (Wildman–Crippen MR) is 74.1 cm³/mol. The van der Waals surface area contributed by atoms with Gasteiger partial charge in [-0.3, -0.25) is 9.59 Å². The summed E-state index contributed by atoms with van der Waals surface area (Å²) in [6, 6.07) is 4.50. The first-order valence-corrected chi connectivity index (χ1v) is 6.17. The molecule has 0 saturated carbocycles. The summed E-state index contributed by atoms with van der Waals surface area (Å²) >= 11 is 5.89. The average Bonchev–Trinajstić information content (AvgIpc) is 2.37. The number of nitrogen functional groups attached to an aromatic ring is 1. The molecule has 1 aromatic rings. The SMILES string of the molecule is COC(=O)CN(C(=O)c1ccc(N)c(Cl)c1)C(C)C. The highest BCUT2D eigenvalue weighted by Gasteiger charge is 2.22. The van der Waals surface area contributed by atoms with Crippen molar-refractivity contribution in [3.63, 3.8) is 0 Å². The summed E-state index contributed by atoms with van der Waals surface area (Å²) in [7, 11) is 1.28. The number of ether oxygens (including phenoxy) is 1. The summed E-state index contributed by atoms with van der Waals surface area (Å²) < 4.78 is 4.58. The molecule has 0 aliphatic heterocycles. The Bertz CT molecular complexity index is 489. The Balaban J connectivity index is 2.99. The largest absolute Gasteiger partial charge is 0.468 e. The first kappa shape index (κ1) is 15.3. The number of hydrogen-bond acceptors (Lipinski definition) is 4. The maximum atomic E-state index is 12.3. The highest BCUT2D eigenvalue weighted by Crippen LogP contribution is 2.21. The molecule has 1 rings (SSSR count). The van der Waals surface area contributed by atoms with Gasteiger partial charge in [-0.25, -0.2) is 0 Å². The van der Waals surface area contributed by atoms with E-state index in [1.54, 1.807) is 12.1 Å². The number of rotatable bonds is 4. The molecule has 0 fully saturated rings. The average molecular weight is 285 g/mol. The van der Waals surface area contributed by atoms with Crippen LogP contribution in [0.15, 0.2) is 18.2 Å². The molecule has 0 radical (unpaired) electrons. The first-order valence-electron chi connectivity index (χ1n) is 5.79. The summed E-state index contributed by atoms with van der Waals surface area (Å²) in [4.78, 5) is 25.1. The number of methoxy groups -OCH3 is 1. The Morgan fingerprint density at radius 1 is 1.42 bits per heavy atom. The maximum absolute atomic E-state index is 12.3. The molecule has 0 spiro atoms. The lowest BCUT2D eigenvalue weighted by Crippen LogP contribution is -2.41. The van der Waals surface area contributed by atoms with Crippen LogP contribution in [0.25, 0.3) is 0 Å². The van der Waals surface area contributed by atoms with Crippen molar-refractivity contribution in [3.8, 4) is 0 Å². The molecule has 0 unspecified atom stereocenters. The van der Waals surface area contributed by atoms with E-state index in [9.17, 15) is 9.59 Å². The van der Waals surface area contributed by atoms with Gasteiger partial charge in [-0.15, -0.1) is 0 Å². The highest BCUT2D eigenvalue weighted by molar-refractivity contribution is 6.33. The zero-order chi connectivity index (χ0) is 14.6. The smallest absolute Gasteiger partial charge is 0.325 e. The summed E-state index contributed by atoms with van der Waals surface area (Å²) in [5.41, 5.74) is 6.39. The van der Waals surface area contributed by atoms with Gasteiger partial charge in [0.15, 0.2) is 0 Å². The van der Waals surface area contributed by atoms with E-state index in [4.69, 9.17) is 17.3 Å². The van der Waals surface area contributed by atoms with Gasteiger partial charge in [0.1, 0.15) is 6.54 Å². The van der Waals surface area contributed by atoms with E-state index in [0.717, 1.165) is 0 Å². The van der Waals surface area contributed by atoms with E-state index in [0.29, 0.717) is 16.3 Å². The van der Waals surface area contributed by atoms with Crippen LogP contribution in [0.5, 0.6) is 0 Å². The Labute approximate surface area is 117 Å². The molecule has 1 amide bonds. The van der Waals surface area contributed by atoms with Crippen molar-refractivity contribution in [2.24, 2.45) is 0 Å². The van der Waals surface area contributed by atoms with Crippen molar-refractivity contribution in [1.82, 2.24) is 4.90 Å². The third-order valence-electron chi connectivity index (χ3n) is 2.66. The van der Waals surface area contributed by atoms with Crippen LogP contribution < -0.4 is 5.73 Å². The Hall–Kier alpha value is -1.75. The highest BCUT2D eigenvalue weighted by atomic mass is 35.5. The van der Waals surface area contributed by atoms with Gasteiger partial charge < -0.3 is 15.4 Å². The third kappa shape index (κ3) is 3.86. The topological polar surface area (TPSA) is 72.6 Å². The van der Waals surface area contributed by atoms with Crippen LogP contribution in [0.2, 0.25) is 5.02 Å². The van der Waals surface area contributed by atoms with Crippen LogP contribution in [0.4, 0.5) is 5.69 Å². The number of benzene rings is 1. The summed E-state index contributed by atoms with van der Waals surface area (Å²) in [5, 5.41) is 0.313. The standard InChI is InChI=1S/C13H17ClN2O3/c1-8(2)16(7-12(17)19-3)13(18)9-4-5-11(15)10(14)6-9/h4-6,8H,7,15H2,1-3H3. The number of carbonyl (C=O) groups is 2. The second-order valence-electron chi connectivity index (χ2n) is 4.34. The summed E-state index contributed by atoms with van der Waals surface area (Å²) in [5.74, 6) is -0.758. The lowest BCUT2D eigenvalue weighted by molar-refractivity contribution is -0.141. The minimum atomic E-state index is -0.469. The lowest BCUT2D eigenvalue weighted by Gasteiger charge is -2.25. The van der Waals surface area contributed by atoms with Crippen LogP contribution in [0, 0.1) is 0 Å². The van der Waals surface area contributed by atoms with E-state index < -0.39 is 5.97 Å². The number of halogens is 1. The molecule has 5 nitrogen and oxygen atoms in total. The van der Waals surface area contributed by atoms with E-state index in [-0.39, 0.29) is 18.5 Å². The maximum Gasteiger partial charge on any atom is 0.325 e. The molecule has 2 N–H and O–H groups in total. The zero-order valence-corrected chi connectivity index (χ0v) is 11.9. The molecule has 19 heavy (non-hydrogen) atoms. The number of carbonyl (C=O) groups excluding carboxylic acids is 2. The van der Waals surface area contributed by atoms with Gasteiger partial charge in [0.25, 0.3) is 5.91 Å². The van der Waals surface area contributed by atoms with E-state index >= 15 is 0 Å². The van der Waals surface area contributed by atoms with Crippen LogP contribution in [-0.2, 0) is 9.53 Å². The van der Waals surface area contributed by atoms with Gasteiger partial charge >= 0.3 is 5.97 Å². The van der Waals surface area contributed by atoms with Crippen molar-refractivity contribution < 1.29 is 14.3 Å². The number of nitrogens with two attached hydrogens (primary N) is 1. The second kappa shape index (κ2) is 6.43. The Morgan fingerprint density at radius 3 is 2.53 bits per heavy atom. The van der Waals surface area contributed by atoms with E-state index in [2.05, 4.69) is 4.74 Å². The lowest BCUT2D eigenvalue weighted by atomic mass is 10.1. The van der Waals surface area contributed by atoms with Crippen LogP contribution in [-0.4, -0.2) is 36.5 Å². The van der Waals surface area contributed by atoms with Crippen molar-refractivity contribution >= 4 is 29.2 Å². The molecule has 0 atom stereocenters. The first-order chi connectivity index (χ1) is 8.86. The monoisotopic (exact) mass is 284 g/mol. The number of anilines is 1. The fourth-order valence-corrected chi connectivity index (χ4v) is 1.70. The van der Waals surface area contributed by atoms with Gasteiger partial charge in [0.05, 0.1) is 17.8 Å².